The van der Waals surface area contributed by atoms with E-state index in [1.807, 2.05) is 37.3 Å². The molecule has 2 atom stereocenters. The number of hydrogen-bond donors (Lipinski definition) is 3. The Labute approximate surface area is 192 Å². The molecule has 0 saturated heterocycles. The Kier molecular flexibility index (Phi) is 4.90. The minimum absolute atomic E-state index is 0.114. The van der Waals surface area contributed by atoms with Gasteiger partial charge in [0, 0.05) is 18.5 Å². The molecule has 170 valence electrons. The first kappa shape index (κ1) is 21.4. The van der Waals surface area contributed by atoms with Crippen molar-refractivity contribution in [3.05, 3.63) is 76.1 Å². The molecule has 0 spiro atoms. The second-order valence-corrected chi connectivity index (χ2v) is 9.95. The van der Waals surface area contributed by atoms with Gasteiger partial charge in [-0.15, -0.1) is 0 Å². The van der Waals surface area contributed by atoms with E-state index >= 15 is 0 Å². The average Bonchev–Trinajstić information content (AvgIpc) is 3.23. The van der Waals surface area contributed by atoms with Crippen molar-refractivity contribution in [2.24, 2.45) is 11.1 Å². The number of anilines is 1. The molecule has 33 heavy (non-hydrogen) atoms. The van der Waals surface area contributed by atoms with Crippen LogP contribution in [0.25, 0.3) is 5.69 Å². The Morgan fingerprint density at radius 1 is 1.21 bits per heavy atom. The molecule has 4 N–H and O–H groups in total. The summed E-state index contributed by atoms with van der Waals surface area (Å²) >= 11 is 0. The summed E-state index contributed by atoms with van der Waals surface area (Å²) in [6, 6.07) is 12.8. The number of ketones is 1. The van der Waals surface area contributed by atoms with Crippen LogP contribution in [0.15, 0.2) is 42.5 Å². The minimum Gasteiger partial charge on any atom is -0.390 e. The third-order valence-corrected chi connectivity index (χ3v) is 6.75. The van der Waals surface area contributed by atoms with Crippen LogP contribution in [-0.4, -0.2) is 32.7 Å². The molecular formula is C26H28N4O3. The maximum Gasteiger partial charge on any atom is 0.250 e. The van der Waals surface area contributed by atoms with Crippen LogP contribution in [0.4, 0.5) is 5.69 Å². The zero-order valence-corrected chi connectivity index (χ0v) is 19.1. The lowest BCUT2D eigenvalue weighted by Gasteiger charge is -2.29. The summed E-state index contributed by atoms with van der Waals surface area (Å²) in [4.78, 5) is 25.0. The molecule has 0 bridgehead atoms. The van der Waals surface area contributed by atoms with Gasteiger partial charge in [-0.05, 0) is 48.1 Å². The minimum atomic E-state index is -0.620. The van der Waals surface area contributed by atoms with E-state index in [0.717, 1.165) is 28.9 Å². The van der Waals surface area contributed by atoms with Crippen molar-refractivity contribution in [1.82, 2.24) is 9.78 Å². The van der Waals surface area contributed by atoms with E-state index in [1.54, 1.807) is 16.8 Å². The molecular weight excluding hydrogens is 416 g/mol. The average molecular weight is 445 g/mol. The molecule has 5 rings (SSSR count). The number of nitrogens with zero attached hydrogens (tertiary/aromatic N) is 2. The maximum atomic E-state index is 12.8. The van der Waals surface area contributed by atoms with Crippen molar-refractivity contribution in [3.63, 3.8) is 0 Å². The lowest BCUT2D eigenvalue weighted by Crippen LogP contribution is -2.28. The summed E-state index contributed by atoms with van der Waals surface area (Å²) < 4.78 is 1.80. The molecule has 1 amide bonds. The van der Waals surface area contributed by atoms with Crippen molar-refractivity contribution in [2.45, 2.75) is 52.2 Å². The molecule has 1 aromatic heterocycles. The van der Waals surface area contributed by atoms with Crippen LogP contribution in [0.1, 0.15) is 69.5 Å². The predicted octanol–water partition coefficient (Wildman–Crippen LogP) is 3.50. The summed E-state index contributed by atoms with van der Waals surface area (Å²) in [5.74, 6) is -0.442. The molecule has 0 saturated carbocycles. The first-order valence-electron chi connectivity index (χ1n) is 11.2. The summed E-state index contributed by atoms with van der Waals surface area (Å²) in [6.45, 7) is 6.03. The van der Waals surface area contributed by atoms with Crippen molar-refractivity contribution in [1.29, 1.82) is 0 Å². The number of primary amides is 1. The van der Waals surface area contributed by atoms with Crippen molar-refractivity contribution in [2.75, 3.05) is 5.32 Å². The standard InChI is InChI=1S/C26H28N4O3/c1-14-23-20(12-26(2,3)13-22(23)32)30(29-14)16-8-9-18(25(27)33)19(11-16)28-24-17-7-5-4-6-15(17)10-21(24)31/h4-9,11,21,24,28,31H,10,12-13H2,1-3H3,(H2,27,33). The Balaban J connectivity index is 1.59. The Hall–Kier alpha value is -3.45. The predicted molar refractivity (Wildman–Crippen MR) is 126 cm³/mol. The zero-order chi connectivity index (χ0) is 23.5. The smallest absolute Gasteiger partial charge is 0.250 e. The molecule has 7 heteroatoms. The normalized spacial score (nSPS) is 20.9. The molecule has 1 heterocycles. The highest BCUT2D eigenvalue weighted by Gasteiger charge is 2.36. The number of nitrogens with one attached hydrogen (secondary N) is 1. The zero-order valence-electron chi connectivity index (χ0n) is 19.1. The number of rotatable bonds is 4. The van der Waals surface area contributed by atoms with Gasteiger partial charge in [-0.25, -0.2) is 4.68 Å². The Bertz CT molecular complexity index is 1290. The summed E-state index contributed by atoms with van der Waals surface area (Å²) in [5.41, 5.74) is 11.5. The molecule has 7 nitrogen and oxygen atoms in total. The number of aliphatic hydroxyl groups is 1. The number of amides is 1. The first-order chi connectivity index (χ1) is 15.6. The lowest BCUT2D eigenvalue weighted by molar-refractivity contribution is 0.0909. The summed E-state index contributed by atoms with van der Waals surface area (Å²) in [5, 5.41) is 18.7. The Morgan fingerprint density at radius 2 is 1.97 bits per heavy atom. The van der Waals surface area contributed by atoms with Gasteiger partial charge in [0.05, 0.1) is 40.3 Å². The van der Waals surface area contributed by atoms with Crippen LogP contribution in [0.3, 0.4) is 0 Å². The van der Waals surface area contributed by atoms with E-state index in [0.29, 0.717) is 35.3 Å². The Morgan fingerprint density at radius 3 is 2.73 bits per heavy atom. The van der Waals surface area contributed by atoms with Gasteiger partial charge in [0.1, 0.15) is 0 Å². The molecule has 0 fully saturated rings. The highest BCUT2D eigenvalue weighted by molar-refractivity contribution is 6.00. The van der Waals surface area contributed by atoms with Gasteiger partial charge in [0.25, 0.3) is 5.91 Å². The number of aromatic nitrogens is 2. The van der Waals surface area contributed by atoms with Gasteiger partial charge in [0.15, 0.2) is 5.78 Å². The molecule has 0 radical (unpaired) electrons. The van der Waals surface area contributed by atoms with E-state index in [2.05, 4.69) is 24.3 Å². The SMILES string of the molecule is Cc1nn(-c2ccc(C(N)=O)c(NC3c4ccccc4CC3O)c2)c2c1C(=O)CC(C)(C)C2. The number of hydrogen-bond acceptors (Lipinski definition) is 5. The fraction of sp³-hybridized carbons (Fsp3) is 0.346. The summed E-state index contributed by atoms with van der Waals surface area (Å²) in [7, 11) is 0. The highest BCUT2D eigenvalue weighted by atomic mass is 16.3. The van der Waals surface area contributed by atoms with E-state index in [1.165, 1.54) is 0 Å². The van der Waals surface area contributed by atoms with Gasteiger partial charge >= 0.3 is 0 Å². The molecule has 2 aromatic carbocycles. The van der Waals surface area contributed by atoms with E-state index in [9.17, 15) is 14.7 Å². The van der Waals surface area contributed by atoms with Crippen LogP contribution in [0.5, 0.6) is 0 Å². The largest absolute Gasteiger partial charge is 0.390 e. The molecule has 0 aliphatic heterocycles. The van der Waals surface area contributed by atoms with Crippen LogP contribution in [-0.2, 0) is 12.8 Å². The number of carbonyl (C=O) groups excluding carboxylic acids is 2. The molecule has 2 unspecified atom stereocenters. The quantitative estimate of drug-likeness (QED) is 0.570. The van der Waals surface area contributed by atoms with E-state index in [4.69, 9.17) is 5.73 Å². The number of aliphatic hydroxyl groups excluding tert-OH is 1. The topological polar surface area (TPSA) is 110 Å². The van der Waals surface area contributed by atoms with Crippen LogP contribution in [0, 0.1) is 12.3 Å². The molecule has 2 aliphatic rings. The number of Topliss-reactive ketones (excluding diaryl/α,β-unsaturated/α-hetero) is 1. The molecule has 3 aromatic rings. The molecule has 2 aliphatic carbocycles. The second-order valence-electron chi connectivity index (χ2n) is 9.95. The third-order valence-electron chi connectivity index (χ3n) is 6.75. The van der Waals surface area contributed by atoms with Crippen molar-refractivity contribution in [3.8, 4) is 5.69 Å². The second kappa shape index (κ2) is 7.56. The van der Waals surface area contributed by atoms with Gasteiger partial charge in [0.2, 0.25) is 0 Å². The maximum absolute atomic E-state index is 12.8. The number of nitrogens with two attached hydrogens (primary N) is 1. The highest BCUT2D eigenvalue weighted by Crippen LogP contribution is 2.38. The van der Waals surface area contributed by atoms with Gasteiger partial charge in [-0.2, -0.15) is 5.10 Å². The number of benzene rings is 2. The lowest BCUT2D eigenvalue weighted by atomic mass is 9.75. The fourth-order valence-corrected chi connectivity index (χ4v) is 5.27. The number of aryl methyl sites for hydroxylation is 1. The van der Waals surface area contributed by atoms with Crippen molar-refractivity contribution >= 4 is 17.4 Å². The van der Waals surface area contributed by atoms with E-state index < -0.39 is 12.0 Å². The first-order valence-corrected chi connectivity index (χ1v) is 11.2. The monoisotopic (exact) mass is 444 g/mol. The van der Waals surface area contributed by atoms with Crippen LogP contribution in [0.2, 0.25) is 0 Å². The third kappa shape index (κ3) is 3.62. The fourth-order valence-electron chi connectivity index (χ4n) is 5.27. The van der Waals surface area contributed by atoms with E-state index in [-0.39, 0.29) is 17.2 Å². The number of carbonyl (C=O) groups is 2. The van der Waals surface area contributed by atoms with Gasteiger partial charge in [-0.1, -0.05) is 38.1 Å². The summed E-state index contributed by atoms with van der Waals surface area (Å²) in [6.07, 6.45) is 1.15. The van der Waals surface area contributed by atoms with Gasteiger partial charge < -0.3 is 16.2 Å². The van der Waals surface area contributed by atoms with Crippen LogP contribution >= 0.6 is 0 Å². The van der Waals surface area contributed by atoms with Gasteiger partial charge in [-0.3, -0.25) is 9.59 Å². The van der Waals surface area contributed by atoms with Crippen molar-refractivity contribution < 1.29 is 14.7 Å². The number of fused-ring (bicyclic) bond motifs is 2. The van der Waals surface area contributed by atoms with Crippen LogP contribution < -0.4 is 11.1 Å².